The fourth-order valence-electron chi connectivity index (χ4n) is 1.78. The lowest BCUT2D eigenvalue weighted by atomic mass is 10.2. The second-order valence-electron chi connectivity index (χ2n) is 4.33. The highest BCUT2D eigenvalue weighted by atomic mass is 79.9. The van der Waals surface area contributed by atoms with Crippen LogP contribution < -0.4 is 14.9 Å². The van der Waals surface area contributed by atoms with Crippen LogP contribution in [0.25, 0.3) is 0 Å². The fraction of sp³-hybridized carbons (Fsp3) is 0.188. The van der Waals surface area contributed by atoms with Gasteiger partial charge in [0.1, 0.15) is 0 Å². The Hall–Kier alpha value is -1.72. The number of nitrogens with one attached hydrogen (secondary N) is 1. The number of nitrogens with zero attached hydrogens (tertiary/aromatic N) is 1. The molecule has 0 aliphatic rings. The third kappa shape index (κ3) is 4.39. The van der Waals surface area contributed by atoms with Gasteiger partial charge in [-0.15, -0.1) is 0 Å². The Balaban J connectivity index is 2.14. The third-order valence-electron chi connectivity index (χ3n) is 2.82. The number of benzene rings is 2. The molecule has 1 N–H and O–H groups in total. The van der Waals surface area contributed by atoms with E-state index in [4.69, 9.17) is 21.1 Å². The van der Waals surface area contributed by atoms with Gasteiger partial charge in [0.05, 0.1) is 25.6 Å². The second-order valence-corrected chi connectivity index (χ2v) is 5.63. The molecule has 0 spiro atoms. The maximum absolute atomic E-state index is 5.84. The van der Waals surface area contributed by atoms with Crippen LogP contribution in [0, 0.1) is 0 Å². The lowest BCUT2D eigenvalue weighted by molar-refractivity contribution is 0.310. The van der Waals surface area contributed by atoms with Gasteiger partial charge in [-0.05, 0) is 59.3 Å². The van der Waals surface area contributed by atoms with E-state index in [9.17, 15) is 0 Å². The molecule has 0 aromatic heterocycles. The van der Waals surface area contributed by atoms with Gasteiger partial charge in [0.2, 0.25) is 0 Å². The first-order valence-electron chi connectivity index (χ1n) is 6.69. The topological polar surface area (TPSA) is 42.8 Å². The zero-order valence-corrected chi connectivity index (χ0v) is 14.6. The summed E-state index contributed by atoms with van der Waals surface area (Å²) in [6, 6.07) is 11.0. The second kappa shape index (κ2) is 8.06. The Kier molecular flexibility index (Phi) is 6.10. The average Bonchev–Trinajstić information content (AvgIpc) is 2.51. The molecule has 0 saturated heterocycles. The summed E-state index contributed by atoms with van der Waals surface area (Å²) in [7, 11) is 1.61. The molecule has 4 nitrogen and oxygen atoms in total. The SMILES string of the molecule is CCOc1cc(Br)c(/C=N/Nc2ccc(Cl)cc2)cc1OC. The van der Waals surface area contributed by atoms with Gasteiger partial charge in [-0.2, -0.15) is 5.10 Å². The molecule has 0 aliphatic carbocycles. The molecule has 2 aromatic carbocycles. The summed E-state index contributed by atoms with van der Waals surface area (Å²) >= 11 is 9.34. The van der Waals surface area contributed by atoms with Crippen molar-refractivity contribution in [2.75, 3.05) is 19.1 Å². The van der Waals surface area contributed by atoms with Crippen molar-refractivity contribution < 1.29 is 9.47 Å². The predicted molar refractivity (Wildman–Crippen MR) is 94.5 cm³/mol. The molecule has 0 amide bonds. The lowest BCUT2D eigenvalue weighted by Gasteiger charge is -2.11. The van der Waals surface area contributed by atoms with Gasteiger partial charge in [0.15, 0.2) is 11.5 Å². The number of ether oxygens (including phenoxy) is 2. The Morgan fingerprint density at radius 3 is 2.59 bits per heavy atom. The minimum Gasteiger partial charge on any atom is -0.493 e. The number of hydrazone groups is 1. The maximum atomic E-state index is 5.84. The van der Waals surface area contributed by atoms with Gasteiger partial charge in [-0.25, -0.2) is 0 Å². The zero-order valence-electron chi connectivity index (χ0n) is 12.3. The van der Waals surface area contributed by atoms with E-state index in [1.54, 1.807) is 25.5 Å². The van der Waals surface area contributed by atoms with Crippen molar-refractivity contribution in [3.63, 3.8) is 0 Å². The largest absolute Gasteiger partial charge is 0.493 e. The molecular weight excluding hydrogens is 368 g/mol. The Morgan fingerprint density at radius 2 is 1.95 bits per heavy atom. The van der Waals surface area contributed by atoms with E-state index in [1.165, 1.54) is 0 Å². The minimum atomic E-state index is 0.578. The van der Waals surface area contributed by atoms with Gasteiger partial charge in [-0.1, -0.05) is 11.6 Å². The molecule has 0 radical (unpaired) electrons. The van der Waals surface area contributed by atoms with Crippen LogP contribution in [0.2, 0.25) is 5.02 Å². The number of halogens is 2. The fourth-order valence-corrected chi connectivity index (χ4v) is 2.33. The summed E-state index contributed by atoms with van der Waals surface area (Å²) in [5, 5.41) is 4.90. The molecule has 0 fully saturated rings. The molecule has 0 bridgehead atoms. The first-order chi connectivity index (χ1) is 10.6. The highest BCUT2D eigenvalue weighted by molar-refractivity contribution is 9.10. The highest BCUT2D eigenvalue weighted by Crippen LogP contribution is 2.32. The van der Waals surface area contributed by atoms with E-state index >= 15 is 0 Å². The van der Waals surface area contributed by atoms with Gasteiger partial charge in [-0.3, -0.25) is 5.43 Å². The van der Waals surface area contributed by atoms with Crippen molar-refractivity contribution in [1.29, 1.82) is 0 Å². The molecule has 22 heavy (non-hydrogen) atoms. The summed E-state index contributed by atoms with van der Waals surface area (Å²) in [5.41, 5.74) is 4.68. The predicted octanol–water partition coefficient (Wildman–Crippen LogP) is 4.96. The molecule has 0 atom stereocenters. The molecule has 2 rings (SSSR count). The van der Waals surface area contributed by atoms with Crippen LogP contribution in [0.4, 0.5) is 5.69 Å². The molecule has 0 saturated carbocycles. The van der Waals surface area contributed by atoms with Crippen molar-refractivity contribution in [2.24, 2.45) is 5.10 Å². The summed E-state index contributed by atoms with van der Waals surface area (Å²) in [6.45, 7) is 2.51. The molecule has 0 aliphatic heterocycles. The van der Waals surface area contributed by atoms with Crippen molar-refractivity contribution in [3.05, 3.63) is 51.5 Å². The summed E-state index contributed by atoms with van der Waals surface area (Å²) in [6.07, 6.45) is 1.71. The van der Waals surface area contributed by atoms with E-state index in [2.05, 4.69) is 26.5 Å². The number of anilines is 1. The summed E-state index contributed by atoms with van der Waals surface area (Å²) in [5.74, 6) is 1.36. The maximum Gasteiger partial charge on any atom is 0.162 e. The lowest BCUT2D eigenvalue weighted by Crippen LogP contribution is -1.98. The smallest absolute Gasteiger partial charge is 0.162 e. The Bertz CT molecular complexity index is 660. The van der Waals surface area contributed by atoms with Crippen molar-refractivity contribution >= 4 is 39.4 Å². The van der Waals surface area contributed by atoms with Gasteiger partial charge in [0, 0.05) is 15.1 Å². The van der Waals surface area contributed by atoms with Crippen LogP contribution in [0.3, 0.4) is 0 Å². The normalized spacial score (nSPS) is 10.7. The van der Waals surface area contributed by atoms with Crippen LogP contribution in [0.1, 0.15) is 12.5 Å². The monoisotopic (exact) mass is 382 g/mol. The zero-order chi connectivity index (χ0) is 15.9. The van der Waals surface area contributed by atoms with E-state index in [-0.39, 0.29) is 0 Å². The number of hydrogen-bond acceptors (Lipinski definition) is 4. The molecule has 0 heterocycles. The molecule has 0 unspecified atom stereocenters. The van der Waals surface area contributed by atoms with E-state index in [0.29, 0.717) is 23.1 Å². The van der Waals surface area contributed by atoms with E-state index in [0.717, 1.165) is 15.7 Å². The minimum absolute atomic E-state index is 0.578. The van der Waals surface area contributed by atoms with Crippen LogP contribution in [0.5, 0.6) is 11.5 Å². The average molecular weight is 384 g/mol. The van der Waals surface area contributed by atoms with Crippen molar-refractivity contribution in [3.8, 4) is 11.5 Å². The first kappa shape index (κ1) is 16.6. The quantitative estimate of drug-likeness (QED) is 0.566. The van der Waals surface area contributed by atoms with E-state index in [1.807, 2.05) is 31.2 Å². The molecular formula is C16H16BrClN2O2. The van der Waals surface area contributed by atoms with E-state index < -0.39 is 0 Å². The van der Waals surface area contributed by atoms with Crippen LogP contribution in [-0.4, -0.2) is 19.9 Å². The van der Waals surface area contributed by atoms with Crippen LogP contribution >= 0.6 is 27.5 Å². The Labute approximate surface area is 143 Å². The third-order valence-corrected chi connectivity index (χ3v) is 3.76. The Morgan fingerprint density at radius 1 is 1.23 bits per heavy atom. The summed E-state index contributed by atoms with van der Waals surface area (Å²) in [4.78, 5) is 0. The first-order valence-corrected chi connectivity index (χ1v) is 7.86. The van der Waals surface area contributed by atoms with Crippen LogP contribution in [-0.2, 0) is 0 Å². The number of hydrogen-bond donors (Lipinski definition) is 1. The molecule has 6 heteroatoms. The van der Waals surface area contributed by atoms with Crippen LogP contribution in [0.15, 0.2) is 46.0 Å². The number of methoxy groups -OCH3 is 1. The standard InChI is InChI=1S/C16H16BrClN2O2/c1-3-22-16-9-14(17)11(8-15(16)21-2)10-19-20-13-6-4-12(18)5-7-13/h4-10,20H,3H2,1-2H3/b19-10+. The van der Waals surface area contributed by atoms with Gasteiger partial charge in [0.25, 0.3) is 0 Å². The van der Waals surface area contributed by atoms with Gasteiger partial charge < -0.3 is 9.47 Å². The molecule has 2 aromatic rings. The highest BCUT2D eigenvalue weighted by Gasteiger charge is 2.08. The van der Waals surface area contributed by atoms with Gasteiger partial charge >= 0.3 is 0 Å². The summed E-state index contributed by atoms with van der Waals surface area (Å²) < 4.78 is 11.7. The van der Waals surface area contributed by atoms with Crippen molar-refractivity contribution in [1.82, 2.24) is 0 Å². The number of rotatable bonds is 6. The molecule has 116 valence electrons. The van der Waals surface area contributed by atoms with Crippen molar-refractivity contribution in [2.45, 2.75) is 6.92 Å².